The molecule has 0 aromatic heterocycles. The fourth-order valence-corrected chi connectivity index (χ4v) is 5.30. The second kappa shape index (κ2) is 8.79. The zero-order valence-electron chi connectivity index (χ0n) is 19.8. The zero-order valence-corrected chi connectivity index (χ0v) is 19.8. The molecule has 4 aromatic rings. The first-order valence-corrected chi connectivity index (χ1v) is 12.1. The van der Waals surface area contributed by atoms with Gasteiger partial charge < -0.3 is 9.47 Å². The molecular weight excluding hydrogens is 420 g/mol. The molecule has 0 spiro atoms. The zero-order chi connectivity index (χ0) is 23.1. The lowest BCUT2D eigenvalue weighted by molar-refractivity contribution is 0.0598. The van der Waals surface area contributed by atoms with Gasteiger partial charge >= 0.3 is 0 Å². The highest BCUT2D eigenvalue weighted by atomic mass is 16.5. The summed E-state index contributed by atoms with van der Waals surface area (Å²) in [6.45, 7) is 7.42. The summed E-state index contributed by atoms with van der Waals surface area (Å²) >= 11 is 0. The van der Waals surface area contributed by atoms with Crippen LogP contribution in [0.1, 0.15) is 48.2 Å². The lowest BCUT2D eigenvalue weighted by atomic mass is 9.94. The van der Waals surface area contributed by atoms with E-state index in [0.29, 0.717) is 13.5 Å². The van der Waals surface area contributed by atoms with E-state index in [1.54, 1.807) is 0 Å². The van der Waals surface area contributed by atoms with E-state index in [1.807, 2.05) is 0 Å². The monoisotopic (exact) mass is 450 g/mol. The van der Waals surface area contributed by atoms with Gasteiger partial charge in [-0.15, -0.1) is 0 Å². The van der Waals surface area contributed by atoms with Gasteiger partial charge in [0.2, 0.25) is 0 Å². The second-order valence-electron chi connectivity index (χ2n) is 9.40. The van der Waals surface area contributed by atoms with Gasteiger partial charge in [-0.25, -0.2) is 0 Å². The summed E-state index contributed by atoms with van der Waals surface area (Å²) in [6.07, 6.45) is 0. The third kappa shape index (κ3) is 3.73. The van der Waals surface area contributed by atoms with Crippen molar-refractivity contribution < 1.29 is 9.47 Å². The van der Waals surface area contributed by atoms with Crippen molar-refractivity contribution in [2.45, 2.75) is 39.0 Å². The Labute approximate surface area is 201 Å². The lowest BCUT2D eigenvalue weighted by Crippen LogP contribution is -2.36. The summed E-state index contributed by atoms with van der Waals surface area (Å²) in [5, 5.41) is 2.53. The maximum atomic E-state index is 6.29. The van der Waals surface area contributed by atoms with Crippen LogP contribution in [0.4, 0.5) is 0 Å². The van der Waals surface area contributed by atoms with Crippen LogP contribution < -0.4 is 9.47 Å². The van der Waals surface area contributed by atoms with Crippen molar-refractivity contribution in [3.05, 3.63) is 107 Å². The molecule has 0 amide bonds. The molecule has 4 aromatic carbocycles. The van der Waals surface area contributed by atoms with E-state index in [4.69, 9.17) is 9.47 Å². The van der Waals surface area contributed by atoms with E-state index in [2.05, 4.69) is 109 Å². The minimum absolute atomic E-state index is 0.273. The molecule has 6 rings (SSSR count). The first-order chi connectivity index (χ1) is 16.7. The minimum Gasteiger partial charge on any atom is -0.478 e. The molecule has 2 heterocycles. The van der Waals surface area contributed by atoms with Gasteiger partial charge in [-0.3, -0.25) is 9.80 Å². The van der Waals surface area contributed by atoms with Crippen molar-refractivity contribution in [3.8, 4) is 11.5 Å². The van der Waals surface area contributed by atoms with Crippen LogP contribution in [-0.2, 0) is 13.1 Å². The molecule has 4 nitrogen and oxygen atoms in total. The van der Waals surface area contributed by atoms with E-state index < -0.39 is 0 Å². The highest BCUT2D eigenvalue weighted by molar-refractivity contribution is 5.92. The number of hydrogen-bond donors (Lipinski definition) is 0. The summed E-state index contributed by atoms with van der Waals surface area (Å²) in [5.74, 6) is 1.98. The molecule has 0 fully saturated rings. The molecule has 4 heteroatoms. The summed E-state index contributed by atoms with van der Waals surface area (Å²) < 4.78 is 12.6. The molecule has 0 saturated carbocycles. The van der Waals surface area contributed by atoms with Crippen LogP contribution in [-0.4, -0.2) is 23.3 Å². The maximum absolute atomic E-state index is 6.29. The van der Waals surface area contributed by atoms with Crippen LogP contribution in [0.5, 0.6) is 11.5 Å². The molecule has 2 aliphatic rings. The Bertz CT molecular complexity index is 1210. The topological polar surface area (TPSA) is 24.9 Å². The molecule has 0 radical (unpaired) electrons. The van der Waals surface area contributed by atoms with E-state index in [-0.39, 0.29) is 12.1 Å². The Balaban J connectivity index is 1.37. The van der Waals surface area contributed by atoms with Crippen molar-refractivity contribution in [1.29, 1.82) is 0 Å². The highest BCUT2D eigenvalue weighted by Crippen LogP contribution is 2.42. The first-order valence-electron chi connectivity index (χ1n) is 12.1. The van der Waals surface area contributed by atoms with Crippen LogP contribution in [0.2, 0.25) is 0 Å². The van der Waals surface area contributed by atoms with Gasteiger partial charge in [-0.2, -0.15) is 0 Å². The van der Waals surface area contributed by atoms with Crippen LogP contribution in [0.3, 0.4) is 0 Å². The summed E-state index contributed by atoms with van der Waals surface area (Å²) in [5.41, 5.74) is 5.15. The Hall–Kier alpha value is -3.34. The number of benzene rings is 4. The van der Waals surface area contributed by atoms with Crippen LogP contribution in [0.15, 0.2) is 84.9 Å². The summed E-state index contributed by atoms with van der Waals surface area (Å²) in [4.78, 5) is 4.81. The fourth-order valence-electron chi connectivity index (χ4n) is 5.30. The SMILES string of the molecule is C[C@@H](c1ccccc1)N1COc2ccc3ccc4c(c3c2C1)CN([C@@H](C)c1ccccc1)CO4. The standard InChI is InChI=1S/C30H30N2O2/c1-21(23-9-5-3-6-10-23)31-17-26-28(33-19-31)15-13-25-14-16-29-27(30(25)26)18-32(20-34-29)22(2)24-11-7-4-8-12-24/h3-16,21-22H,17-20H2,1-2H3/t21-,22-/m0/s1. The van der Waals surface area contributed by atoms with Crippen molar-refractivity contribution in [2.75, 3.05) is 13.5 Å². The van der Waals surface area contributed by atoms with Crippen molar-refractivity contribution in [3.63, 3.8) is 0 Å². The molecule has 0 aliphatic carbocycles. The van der Waals surface area contributed by atoms with Gasteiger partial charge in [0.25, 0.3) is 0 Å². The van der Waals surface area contributed by atoms with Crippen LogP contribution >= 0.6 is 0 Å². The molecule has 34 heavy (non-hydrogen) atoms. The number of nitrogens with zero attached hydrogens (tertiary/aromatic N) is 2. The fraction of sp³-hybridized carbons (Fsp3) is 0.267. The number of fused-ring (bicyclic) bond motifs is 5. The van der Waals surface area contributed by atoms with E-state index in [1.165, 1.54) is 33.0 Å². The van der Waals surface area contributed by atoms with Gasteiger partial charge in [0.1, 0.15) is 25.0 Å². The molecule has 0 bridgehead atoms. The third-order valence-electron chi connectivity index (χ3n) is 7.47. The largest absolute Gasteiger partial charge is 0.478 e. The molecule has 0 unspecified atom stereocenters. The van der Waals surface area contributed by atoms with Crippen molar-refractivity contribution in [2.24, 2.45) is 0 Å². The van der Waals surface area contributed by atoms with Gasteiger partial charge in [0, 0.05) is 36.3 Å². The second-order valence-corrected chi connectivity index (χ2v) is 9.40. The smallest absolute Gasteiger partial charge is 0.142 e. The Morgan fingerprint density at radius 3 is 1.47 bits per heavy atom. The molecule has 2 atom stereocenters. The number of rotatable bonds is 4. The maximum Gasteiger partial charge on any atom is 0.142 e. The molecule has 0 saturated heterocycles. The first kappa shape index (κ1) is 21.2. The predicted octanol–water partition coefficient (Wildman–Crippen LogP) is 6.67. The highest BCUT2D eigenvalue weighted by Gasteiger charge is 2.29. The third-order valence-corrected chi connectivity index (χ3v) is 7.47. The van der Waals surface area contributed by atoms with Gasteiger partial charge in [-0.1, -0.05) is 72.8 Å². The average molecular weight is 451 g/mol. The Morgan fingerprint density at radius 2 is 1.03 bits per heavy atom. The van der Waals surface area contributed by atoms with E-state index in [9.17, 15) is 0 Å². The van der Waals surface area contributed by atoms with Gasteiger partial charge in [0.15, 0.2) is 0 Å². The molecule has 172 valence electrons. The van der Waals surface area contributed by atoms with E-state index in [0.717, 1.165) is 24.6 Å². The Morgan fingerprint density at radius 1 is 0.588 bits per heavy atom. The van der Waals surface area contributed by atoms with Crippen molar-refractivity contribution >= 4 is 10.8 Å². The van der Waals surface area contributed by atoms with Gasteiger partial charge in [0.05, 0.1) is 0 Å². The lowest BCUT2D eigenvalue weighted by Gasteiger charge is -2.37. The quantitative estimate of drug-likeness (QED) is 0.347. The van der Waals surface area contributed by atoms with E-state index >= 15 is 0 Å². The number of ether oxygens (including phenoxy) is 2. The normalized spacial score (nSPS) is 17.8. The average Bonchev–Trinajstić information content (AvgIpc) is 2.92. The summed E-state index contributed by atoms with van der Waals surface area (Å²) in [7, 11) is 0. The molecule has 2 aliphatic heterocycles. The molecule has 0 N–H and O–H groups in total. The minimum atomic E-state index is 0.273. The summed E-state index contributed by atoms with van der Waals surface area (Å²) in [6, 6.07) is 30.5. The van der Waals surface area contributed by atoms with Crippen molar-refractivity contribution in [1.82, 2.24) is 9.80 Å². The van der Waals surface area contributed by atoms with Crippen LogP contribution in [0, 0.1) is 0 Å². The predicted molar refractivity (Wildman–Crippen MR) is 136 cm³/mol. The number of hydrogen-bond acceptors (Lipinski definition) is 4. The van der Waals surface area contributed by atoms with Gasteiger partial charge in [-0.05, 0) is 47.9 Å². The molecular formula is C30H30N2O2. The van der Waals surface area contributed by atoms with Crippen LogP contribution in [0.25, 0.3) is 10.8 Å². The Kier molecular flexibility index (Phi) is 5.48.